The van der Waals surface area contributed by atoms with E-state index in [1.54, 1.807) is 13.1 Å². The topological polar surface area (TPSA) is 104 Å². The van der Waals surface area contributed by atoms with Crippen LogP contribution in [-0.4, -0.2) is 29.5 Å². The van der Waals surface area contributed by atoms with Crippen LogP contribution in [0.25, 0.3) is 0 Å². The standard InChI is InChI=1S/C14H15N3O5S/c1-4-22-12-6-10(17(19)20)9(5-11(12)21-3)13(18)16-14-15-7-8(2)23-14/h5-7H,4H2,1-3H3,(H,15,16,18). The summed E-state index contributed by atoms with van der Waals surface area (Å²) in [4.78, 5) is 27.9. The fourth-order valence-electron chi connectivity index (χ4n) is 1.89. The summed E-state index contributed by atoms with van der Waals surface area (Å²) in [5, 5.41) is 14.2. The summed E-state index contributed by atoms with van der Waals surface area (Å²) in [7, 11) is 1.40. The third kappa shape index (κ3) is 3.75. The highest BCUT2D eigenvalue weighted by molar-refractivity contribution is 7.15. The van der Waals surface area contributed by atoms with Crippen LogP contribution in [0.5, 0.6) is 11.5 Å². The molecule has 122 valence electrons. The van der Waals surface area contributed by atoms with E-state index in [1.165, 1.54) is 30.6 Å². The van der Waals surface area contributed by atoms with Gasteiger partial charge in [0.2, 0.25) is 0 Å². The molecule has 0 aliphatic carbocycles. The second-order valence-corrected chi connectivity index (χ2v) is 5.68. The van der Waals surface area contributed by atoms with Crippen LogP contribution >= 0.6 is 11.3 Å². The van der Waals surface area contributed by atoms with Crippen molar-refractivity contribution in [3.8, 4) is 11.5 Å². The van der Waals surface area contributed by atoms with Gasteiger partial charge >= 0.3 is 0 Å². The zero-order valence-corrected chi connectivity index (χ0v) is 13.6. The highest BCUT2D eigenvalue weighted by Gasteiger charge is 2.25. The second-order valence-electron chi connectivity index (χ2n) is 4.44. The predicted molar refractivity (Wildman–Crippen MR) is 85.6 cm³/mol. The van der Waals surface area contributed by atoms with E-state index >= 15 is 0 Å². The molecule has 1 aromatic carbocycles. The average Bonchev–Trinajstić information content (AvgIpc) is 2.92. The maximum atomic E-state index is 12.3. The third-order valence-electron chi connectivity index (χ3n) is 2.86. The number of carbonyl (C=O) groups is 1. The number of amides is 1. The zero-order chi connectivity index (χ0) is 17.0. The van der Waals surface area contributed by atoms with Gasteiger partial charge < -0.3 is 9.47 Å². The molecule has 0 fully saturated rings. The molecule has 1 aromatic heterocycles. The van der Waals surface area contributed by atoms with Crippen molar-refractivity contribution >= 4 is 28.1 Å². The summed E-state index contributed by atoms with van der Waals surface area (Å²) >= 11 is 1.28. The number of thiazole rings is 1. The van der Waals surface area contributed by atoms with Crippen molar-refractivity contribution in [2.45, 2.75) is 13.8 Å². The molecule has 0 saturated carbocycles. The van der Waals surface area contributed by atoms with Gasteiger partial charge in [-0.2, -0.15) is 0 Å². The van der Waals surface area contributed by atoms with E-state index < -0.39 is 10.8 Å². The molecule has 9 heteroatoms. The number of methoxy groups -OCH3 is 1. The van der Waals surface area contributed by atoms with Gasteiger partial charge in [-0.05, 0) is 13.8 Å². The maximum absolute atomic E-state index is 12.3. The highest BCUT2D eigenvalue weighted by atomic mass is 32.1. The van der Waals surface area contributed by atoms with Gasteiger partial charge in [0.25, 0.3) is 11.6 Å². The first-order valence-corrected chi connectivity index (χ1v) is 7.51. The van der Waals surface area contributed by atoms with Crippen LogP contribution in [0.4, 0.5) is 10.8 Å². The Morgan fingerprint density at radius 1 is 1.43 bits per heavy atom. The molecule has 0 bridgehead atoms. The van der Waals surface area contributed by atoms with Crippen molar-refractivity contribution in [3.05, 3.63) is 38.9 Å². The molecule has 0 atom stereocenters. The predicted octanol–water partition coefficient (Wildman–Crippen LogP) is 3.02. The van der Waals surface area contributed by atoms with Crippen LogP contribution in [0.3, 0.4) is 0 Å². The molecule has 23 heavy (non-hydrogen) atoms. The number of aryl methyl sites for hydroxylation is 1. The number of benzene rings is 1. The van der Waals surface area contributed by atoms with E-state index in [2.05, 4.69) is 10.3 Å². The SMILES string of the molecule is CCOc1cc([N+](=O)[O-])c(C(=O)Nc2ncc(C)s2)cc1OC. The number of carbonyl (C=O) groups excluding carboxylic acids is 1. The Kier molecular flexibility index (Phi) is 5.12. The quantitative estimate of drug-likeness (QED) is 0.642. The van der Waals surface area contributed by atoms with E-state index in [0.29, 0.717) is 11.7 Å². The monoisotopic (exact) mass is 337 g/mol. The number of nitro groups is 1. The lowest BCUT2D eigenvalue weighted by Crippen LogP contribution is -2.14. The van der Waals surface area contributed by atoms with Crippen molar-refractivity contribution < 1.29 is 19.2 Å². The molecule has 1 heterocycles. The Morgan fingerprint density at radius 3 is 2.70 bits per heavy atom. The highest BCUT2D eigenvalue weighted by Crippen LogP contribution is 2.35. The summed E-state index contributed by atoms with van der Waals surface area (Å²) in [5.41, 5.74) is -0.483. The van der Waals surface area contributed by atoms with Gasteiger partial charge in [0.15, 0.2) is 16.6 Å². The fraction of sp³-hybridized carbons (Fsp3) is 0.286. The van der Waals surface area contributed by atoms with E-state index in [-0.39, 0.29) is 22.7 Å². The van der Waals surface area contributed by atoms with E-state index in [4.69, 9.17) is 9.47 Å². The third-order valence-corrected chi connectivity index (χ3v) is 3.69. The van der Waals surface area contributed by atoms with Crippen LogP contribution in [0.15, 0.2) is 18.3 Å². The van der Waals surface area contributed by atoms with E-state index in [1.807, 2.05) is 6.92 Å². The van der Waals surface area contributed by atoms with Crippen molar-refractivity contribution in [2.75, 3.05) is 19.0 Å². The number of rotatable bonds is 6. The zero-order valence-electron chi connectivity index (χ0n) is 12.8. The van der Waals surface area contributed by atoms with Crippen molar-refractivity contribution in [1.82, 2.24) is 4.98 Å². The van der Waals surface area contributed by atoms with Crippen LogP contribution in [0, 0.1) is 17.0 Å². The lowest BCUT2D eigenvalue weighted by atomic mass is 10.1. The lowest BCUT2D eigenvalue weighted by molar-refractivity contribution is -0.385. The number of hydrogen-bond acceptors (Lipinski definition) is 7. The smallest absolute Gasteiger partial charge is 0.286 e. The maximum Gasteiger partial charge on any atom is 0.286 e. The van der Waals surface area contributed by atoms with E-state index in [9.17, 15) is 14.9 Å². The summed E-state index contributed by atoms with van der Waals surface area (Å²) in [6, 6.07) is 2.48. The van der Waals surface area contributed by atoms with Crippen molar-refractivity contribution in [3.63, 3.8) is 0 Å². The molecule has 1 amide bonds. The molecule has 2 rings (SSSR count). The van der Waals surface area contributed by atoms with Gasteiger partial charge in [-0.3, -0.25) is 20.2 Å². The van der Waals surface area contributed by atoms with Crippen molar-refractivity contribution in [1.29, 1.82) is 0 Å². The van der Waals surface area contributed by atoms with Crippen LogP contribution in [0.2, 0.25) is 0 Å². The van der Waals surface area contributed by atoms with Crippen LogP contribution in [0.1, 0.15) is 22.2 Å². The number of anilines is 1. The van der Waals surface area contributed by atoms with Crippen LogP contribution in [-0.2, 0) is 0 Å². The van der Waals surface area contributed by atoms with Crippen LogP contribution < -0.4 is 14.8 Å². The molecular formula is C14H15N3O5S. The Morgan fingerprint density at radius 2 is 2.17 bits per heavy atom. The number of aromatic nitrogens is 1. The Bertz CT molecular complexity index is 744. The summed E-state index contributed by atoms with van der Waals surface area (Å²) in [6.45, 7) is 3.91. The van der Waals surface area contributed by atoms with Gasteiger partial charge in [-0.25, -0.2) is 4.98 Å². The molecule has 8 nitrogen and oxygen atoms in total. The summed E-state index contributed by atoms with van der Waals surface area (Å²) in [6.07, 6.45) is 1.60. The van der Waals surface area contributed by atoms with Gasteiger partial charge in [0.1, 0.15) is 5.56 Å². The first kappa shape index (κ1) is 16.7. The summed E-state index contributed by atoms with van der Waals surface area (Å²) < 4.78 is 10.4. The fourth-order valence-corrected chi connectivity index (χ4v) is 2.55. The molecule has 0 aliphatic heterocycles. The number of hydrogen-bond donors (Lipinski definition) is 1. The van der Waals surface area contributed by atoms with Gasteiger partial charge in [0.05, 0.1) is 24.7 Å². The molecule has 0 aliphatic rings. The second kappa shape index (κ2) is 7.05. The molecule has 0 saturated heterocycles. The van der Waals surface area contributed by atoms with E-state index in [0.717, 1.165) is 4.88 Å². The minimum Gasteiger partial charge on any atom is -0.493 e. The number of nitro benzene ring substituents is 1. The Balaban J connectivity index is 2.42. The molecule has 2 aromatic rings. The molecule has 1 N–H and O–H groups in total. The lowest BCUT2D eigenvalue weighted by Gasteiger charge is -2.11. The first-order chi connectivity index (χ1) is 11.0. The first-order valence-electron chi connectivity index (χ1n) is 6.69. The summed E-state index contributed by atoms with van der Waals surface area (Å²) in [5.74, 6) is -0.173. The van der Waals surface area contributed by atoms with Gasteiger partial charge in [-0.15, -0.1) is 11.3 Å². The average molecular weight is 337 g/mol. The largest absolute Gasteiger partial charge is 0.493 e. The number of nitrogens with zero attached hydrogens (tertiary/aromatic N) is 2. The number of ether oxygens (including phenoxy) is 2. The normalized spacial score (nSPS) is 10.2. The Hall–Kier alpha value is -2.68. The minimum atomic E-state index is -0.635. The van der Waals surface area contributed by atoms with Gasteiger partial charge in [0, 0.05) is 17.1 Å². The van der Waals surface area contributed by atoms with Crippen molar-refractivity contribution in [2.24, 2.45) is 0 Å². The van der Waals surface area contributed by atoms with Gasteiger partial charge in [-0.1, -0.05) is 0 Å². The molecule has 0 unspecified atom stereocenters. The molecule has 0 radical (unpaired) electrons. The molecule has 0 spiro atoms. The molecular weight excluding hydrogens is 322 g/mol. The Labute approximate surface area is 136 Å². The number of nitrogens with one attached hydrogen (secondary N) is 1. The minimum absolute atomic E-state index is 0.122.